The summed E-state index contributed by atoms with van der Waals surface area (Å²) in [6, 6.07) is 0. The molecule has 0 aromatic carbocycles. The summed E-state index contributed by atoms with van der Waals surface area (Å²) in [4.78, 5) is 0. The van der Waals surface area contributed by atoms with Gasteiger partial charge >= 0.3 is 0 Å². The highest BCUT2D eigenvalue weighted by molar-refractivity contribution is 5.34. The molecule has 0 radical (unpaired) electrons. The van der Waals surface area contributed by atoms with E-state index in [0.717, 1.165) is 24.2 Å². The lowest BCUT2D eigenvalue weighted by molar-refractivity contribution is 0.476. The van der Waals surface area contributed by atoms with Crippen LogP contribution in [0.2, 0.25) is 0 Å². The van der Waals surface area contributed by atoms with Crippen LogP contribution in [0.15, 0.2) is 48.1 Å². The number of fused-ring (bicyclic) bond motifs is 1. The van der Waals surface area contributed by atoms with Gasteiger partial charge < -0.3 is 5.32 Å². The highest BCUT2D eigenvalue weighted by Crippen LogP contribution is 2.17. The predicted molar refractivity (Wildman–Crippen MR) is 52.8 cm³/mol. The fourth-order valence-electron chi connectivity index (χ4n) is 1.44. The lowest BCUT2D eigenvalue weighted by Gasteiger charge is -2.25. The maximum Gasteiger partial charge on any atom is 0.0763 e. The van der Waals surface area contributed by atoms with E-state index in [1.807, 2.05) is 12.4 Å². The van der Waals surface area contributed by atoms with E-state index in [9.17, 15) is 0 Å². The van der Waals surface area contributed by atoms with Gasteiger partial charge in [0.25, 0.3) is 0 Å². The van der Waals surface area contributed by atoms with Crippen LogP contribution in [0.1, 0.15) is 12.8 Å². The summed E-state index contributed by atoms with van der Waals surface area (Å²) < 4.78 is 0. The van der Waals surface area contributed by atoms with Gasteiger partial charge in [-0.1, -0.05) is 24.3 Å². The van der Waals surface area contributed by atoms with E-state index in [1.54, 1.807) is 5.01 Å². The topological polar surface area (TPSA) is 41.3 Å². The Labute approximate surface area is 77.9 Å². The standard InChI is InChI=1S/C10H13N3/c11-13-8-7-12-9-5-3-1-2-4-6-10(9)13/h1-2,5-8,12H,3-4,11H2/b2-1?,9-5+,10-6+. The first-order valence-electron chi connectivity index (χ1n) is 4.41. The quantitative estimate of drug-likeness (QED) is 0.431. The summed E-state index contributed by atoms with van der Waals surface area (Å²) in [6.45, 7) is 0. The lowest BCUT2D eigenvalue weighted by atomic mass is 10.1. The number of nitrogens with zero attached hydrogens (tertiary/aromatic N) is 1. The van der Waals surface area contributed by atoms with E-state index < -0.39 is 0 Å². The van der Waals surface area contributed by atoms with E-state index in [1.165, 1.54) is 0 Å². The first-order valence-corrected chi connectivity index (χ1v) is 4.41. The molecule has 0 atom stereocenters. The Morgan fingerprint density at radius 2 is 2.00 bits per heavy atom. The van der Waals surface area contributed by atoms with Crippen molar-refractivity contribution in [1.29, 1.82) is 0 Å². The fourth-order valence-corrected chi connectivity index (χ4v) is 1.44. The minimum atomic E-state index is 0.940. The molecule has 3 nitrogen and oxygen atoms in total. The average molecular weight is 175 g/mol. The van der Waals surface area contributed by atoms with Crippen molar-refractivity contribution in [2.45, 2.75) is 12.8 Å². The molecule has 0 aromatic rings. The van der Waals surface area contributed by atoms with Gasteiger partial charge in [-0.05, 0) is 12.8 Å². The molecule has 1 aliphatic heterocycles. The maximum atomic E-state index is 5.78. The van der Waals surface area contributed by atoms with Gasteiger partial charge in [0.2, 0.25) is 0 Å². The third kappa shape index (κ3) is 1.65. The zero-order valence-electron chi connectivity index (χ0n) is 7.40. The lowest BCUT2D eigenvalue weighted by Crippen LogP contribution is -2.32. The van der Waals surface area contributed by atoms with E-state index in [4.69, 9.17) is 5.84 Å². The SMILES string of the molecule is NN1C=CNC2=C/CC=CC/C=C\21. The number of hydrogen-bond donors (Lipinski definition) is 2. The van der Waals surface area contributed by atoms with Crippen molar-refractivity contribution in [2.24, 2.45) is 5.84 Å². The summed E-state index contributed by atoms with van der Waals surface area (Å²) in [5, 5.41) is 4.82. The van der Waals surface area contributed by atoms with Gasteiger partial charge in [0.15, 0.2) is 0 Å². The second kappa shape index (κ2) is 3.49. The number of hydrazine groups is 1. The Bertz CT molecular complexity index is 310. The molecule has 0 aromatic heterocycles. The van der Waals surface area contributed by atoms with Crippen molar-refractivity contribution in [3.63, 3.8) is 0 Å². The van der Waals surface area contributed by atoms with Crippen LogP contribution in [-0.4, -0.2) is 5.01 Å². The monoisotopic (exact) mass is 175 g/mol. The van der Waals surface area contributed by atoms with Gasteiger partial charge in [0.1, 0.15) is 0 Å². The molecule has 0 saturated carbocycles. The van der Waals surface area contributed by atoms with Gasteiger partial charge in [0, 0.05) is 12.4 Å². The molecular weight excluding hydrogens is 162 g/mol. The summed E-state index contributed by atoms with van der Waals surface area (Å²) in [5.41, 5.74) is 2.14. The molecule has 3 N–H and O–H groups in total. The Hall–Kier alpha value is -1.48. The number of rotatable bonds is 0. The van der Waals surface area contributed by atoms with Crippen molar-refractivity contribution in [2.75, 3.05) is 0 Å². The van der Waals surface area contributed by atoms with Crippen LogP contribution in [-0.2, 0) is 0 Å². The third-order valence-electron chi connectivity index (χ3n) is 2.10. The van der Waals surface area contributed by atoms with Crippen molar-refractivity contribution in [3.05, 3.63) is 48.1 Å². The Balaban J connectivity index is 2.34. The van der Waals surface area contributed by atoms with E-state index in [-0.39, 0.29) is 0 Å². The molecule has 2 rings (SSSR count). The van der Waals surface area contributed by atoms with Crippen LogP contribution in [0, 0.1) is 0 Å². The fraction of sp³-hybridized carbons (Fsp3) is 0.200. The third-order valence-corrected chi connectivity index (χ3v) is 2.10. The molecule has 1 heterocycles. The van der Waals surface area contributed by atoms with Crippen LogP contribution in [0.4, 0.5) is 0 Å². The highest BCUT2D eigenvalue weighted by Gasteiger charge is 2.11. The van der Waals surface area contributed by atoms with Crippen LogP contribution in [0.5, 0.6) is 0 Å². The smallest absolute Gasteiger partial charge is 0.0763 e. The van der Waals surface area contributed by atoms with Crippen molar-refractivity contribution < 1.29 is 0 Å². The van der Waals surface area contributed by atoms with Gasteiger partial charge in [-0.15, -0.1) is 0 Å². The summed E-state index contributed by atoms with van der Waals surface area (Å²) in [6.07, 6.45) is 14.1. The molecule has 0 amide bonds. The molecule has 0 bridgehead atoms. The van der Waals surface area contributed by atoms with E-state index in [0.29, 0.717) is 0 Å². The normalized spacial score (nSPS) is 28.8. The molecule has 0 unspecified atom stereocenters. The molecular formula is C10H13N3. The van der Waals surface area contributed by atoms with Gasteiger partial charge in [-0.3, -0.25) is 5.01 Å². The average Bonchev–Trinajstić information content (AvgIpc) is 2.07. The predicted octanol–water partition coefficient (Wildman–Crippen LogP) is 1.35. The van der Waals surface area contributed by atoms with Crippen LogP contribution < -0.4 is 11.2 Å². The summed E-state index contributed by atoms with van der Waals surface area (Å²) in [7, 11) is 0. The first kappa shape index (κ1) is 8.13. The molecule has 13 heavy (non-hydrogen) atoms. The highest BCUT2D eigenvalue weighted by atomic mass is 15.4. The molecule has 3 heteroatoms. The second-order valence-corrected chi connectivity index (χ2v) is 3.02. The maximum absolute atomic E-state index is 5.78. The Kier molecular flexibility index (Phi) is 2.19. The molecule has 68 valence electrons. The van der Waals surface area contributed by atoms with Gasteiger partial charge in [-0.2, -0.15) is 0 Å². The van der Waals surface area contributed by atoms with Crippen LogP contribution >= 0.6 is 0 Å². The van der Waals surface area contributed by atoms with Crippen molar-refractivity contribution in [1.82, 2.24) is 10.3 Å². The zero-order chi connectivity index (χ0) is 9.10. The Morgan fingerprint density at radius 3 is 2.85 bits per heavy atom. The molecule has 0 fully saturated rings. The molecule has 0 spiro atoms. The number of nitrogens with one attached hydrogen (secondary N) is 1. The number of allylic oxidation sites excluding steroid dienone is 4. The largest absolute Gasteiger partial charge is 0.359 e. The molecule has 2 aliphatic rings. The van der Waals surface area contributed by atoms with Crippen molar-refractivity contribution >= 4 is 0 Å². The molecule has 1 aliphatic carbocycles. The molecule has 0 saturated heterocycles. The first-order chi connectivity index (χ1) is 6.38. The minimum absolute atomic E-state index is 0.940. The van der Waals surface area contributed by atoms with Gasteiger partial charge in [-0.25, -0.2) is 5.84 Å². The van der Waals surface area contributed by atoms with Gasteiger partial charge in [0.05, 0.1) is 11.4 Å². The van der Waals surface area contributed by atoms with Crippen LogP contribution in [0.3, 0.4) is 0 Å². The summed E-state index contributed by atoms with van der Waals surface area (Å²) >= 11 is 0. The zero-order valence-corrected chi connectivity index (χ0v) is 7.40. The van der Waals surface area contributed by atoms with E-state index >= 15 is 0 Å². The minimum Gasteiger partial charge on any atom is -0.359 e. The Morgan fingerprint density at radius 1 is 1.23 bits per heavy atom. The van der Waals surface area contributed by atoms with E-state index in [2.05, 4.69) is 29.6 Å². The number of hydrogen-bond acceptors (Lipinski definition) is 3. The second-order valence-electron chi connectivity index (χ2n) is 3.02. The summed E-state index contributed by atoms with van der Waals surface area (Å²) in [5.74, 6) is 5.78. The number of nitrogens with two attached hydrogens (primary N) is 1. The van der Waals surface area contributed by atoms with Crippen molar-refractivity contribution in [3.8, 4) is 0 Å². The van der Waals surface area contributed by atoms with Crippen LogP contribution in [0.25, 0.3) is 0 Å².